The number of hydrogen-bond acceptors (Lipinski definition) is 2. The Bertz CT molecular complexity index is 465. The Morgan fingerprint density at radius 2 is 2.00 bits per heavy atom. The van der Waals surface area contributed by atoms with E-state index in [0.29, 0.717) is 6.04 Å². The minimum Gasteiger partial charge on any atom is -0.306 e. The first-order valence-corrected chi connectivity index (χ1v) is 5.95. The summed E-state index contributed by atoms with van der Waals surface area (Å²) in [6.45, 7) is 5.20. The molecule has 17 heavy (non-hydrogen) atoms. The zero-order valence-corrected chi connectivity index (χ0v) is 10.4. The first-order chi connectivity index (χ1) is 8.27. The molecule has 88 valence electrons. The quantitative estimate of drug-likeness (QED) is 0.865. The highest BCUT2D eigenvalue weighted by Gasteiger charge is 2.04. The number of nitrogens with one attached hydrogen (secondary N) is 1. The van der Waals surface area contributed by atoms with Crippen LogP contribution in [0.15, 0.2) is 48.8 Å². The van der Waals surface area contributed by atoms with E-state index < -0.39 is 0 Å². The van der Waals surface area contributed by atoms with E-state index >= 15 is 0 Å². The lowest BCUT2D eigenvalue weighted by Gasteiger charge is -2.14. The van der Waals surface area contributed by atoms with Gasteiger partial charge in [0.05, 0.1) is 0 Å². The van der Waals surface area contributed by atoms with Gasteiger partial charge in [0.1, 0.15) is 0 Å². The van der Waals surface area contributed by atoms with Crippen LogP contribution in [0, 0.1) is 6.92 Å². The van der Waals surface area contributed by atoms with Crippen molar-refractivity contribution < 1.29 is 0 Å². The molecule has 0 saturated heterocycles. The van der Waals surface area contributed by atoms with Crippen LogP contribution < -0.4 is 5.32 Å². The van der Waals surface area contributed by atoms with E-state index in [1.54, 1.807) is 6.20 Å². The third kappa shape index (κ3) is 3.14. The highest BCUT2D eigenvalue weighted by molar-refractivity contribution is 5.25. The molecule has 1 aromatic heterocycles. The zero-order chi connectivity index (χ0) is 12.1. The fraction of sp³-hybridized carbons (Fsp3) is 0.267. The van der Waals surface area contributed by atoms with E-state index in [2.05, 4.69) is 54.5 Å². The van der Waals surface area contributed by atoms with Crippen LogP contribution in [0.1, 0.15) is 29.7 Å². The topological polar surface area (TPSA) is 24.9 Å². The lowest BCUT2D eigenvalue weighted by Crippen LogP contribution is -2.18. The third-order valence-electron chi connectivity index (χ3n) is 3.04. The Morgan fingerprint density at radius 3 is 2.71 bits per heavy atom. The molecule has 1 atom stereocenters. The van der Waals surface area contributed by atoms with Crippen molar-refractivity contribution >= 4 is 0 Å². The van der Waals surface area contributed by atoms with Gasteiger partial charge in [-0.2, -0.15) is 0 Å². The zero-order valence-electron chi connectivity index (χ0n) is 10.4. The molecule has 0 bridgehead atoms. The molecule has 2 rings (SSSR count). The summed E-state index contributed by atoms with van der Waals surface area (Å²) in [5, 5.41) is 3.52. The van der Waals surface area contributed by atoms with Gasteiger partial charge in [0, 0.05) is 25.0 Å². The van der Waals surface area contributed by atoms with E-state index in [1.165, 1.54) is 16.7 Å². The molecule has 0 radical (unpaired) electrons. The normalized spacial score (nSPS) is 12.4. The van der Waals surface area contributed by atoms with Crippen LogP contribution in [0.5, 0.6) is 0 Å². The standard InChI is InChI=1S/C15H18N2/c1-12-6-3-4-7-14(12)11-17-13(2)15-8-5-9-16-10-15/h3-10,13,17H,11H2,1-2H3. The summed E-state index contributed by atoms with van der Waals surface area (Å²) in [5.74, 6) is 0. The van der Waals surface area contributed by atoms with Crippen LogP contribution in [-0.4, -0.2) is 4.98 Å². The van der Waals surface area contributed by atoms with Crippen molar-refractivity contribution in [2.24, 2.45) is 0 Å². The fourth-order valence-corrected chi connectivity index (χ4v) is 1.82. The molecular weight excluding hydrogens is 208 g/mol. The van der Waals surface area contributed by atoms with Gasteiger partial charge in [-0.05, 0) is 36.6 Å². The second-order valence-electron chi connectivity index (χ2n) is 4.32. The average Bonchev–Trinajstić information content (AvgIpc) is 2.38. The number of hydrogen-bond donors (Lipinski definition) is 1. The molecule has 0 saturated carbocycles. The predicted octanol–water partition coefficient (Wildman–Crippen LogP) is 3.24. The van der Waals surface area contributed by atoms with Gasteiger partial charge >= 0.3 is 0 Å². The molecule has 0 fully saturated rings. The molecule has 2 nitrogen and oxygen atoms in total. The monoisotopic (exact) mass is 226 g/mol. The SMILES string of the molecule is Cc1ccccc1CNC(C)c1cccnc1. The molecule has 0 aliphatic carbocycles. The number of benzene rings is 1. The van der Waals surface area contributed by atoms with Crippen molar-refractivity contribution in [2.45, 2.75) is 26.4 Å². The van der Waals surface area contributed by atoms with Gasteiger partial charge in [0.2, 0.25) is 0 Å². The smallest absolute Gasteiger partial charge is 0.0315 e. The molecule has 1 unspecified atom stereocenters. The molecule has 2 heteroatoms. The largest absolute Gasteiger partial charge is 0.306 e. The van der Waals surface area contributed by atoms with Crippen molar-refractivity contribution in [3.05, 3.63) is 65.5 Å². The molecule has 1 N–H and O–H groups in total. The fourth-order valence-electron chi connectivity index (χ4n) is 1.82. The number of rotatable bonds is 4. The van der Waals surface area contributed by atoms with Crippen LogP contribution >= 0.6 is 0 Å². The highest BCUT2D eigenvalue weighted by Crippen LogP contribution is 2.12. The molecule has 1 heterocycles. The van der Waals surface area contributed by atoms with E-state index in [0.717, 1.165) is 6.54 Å². The Kier molecular flexibility index (Phi) is 3.89. The maximum absolute atomic E-state index is 4.14. The summed E-state index contributed by atoms with van der Waals surface area (Å²) in [7, 11) is 0. The summed E-state index contributed by atoms with van der Waals surface area (Å²) in [6, 6.07) is 12.9. The number of pyridine rings is 1. The summed E-state index contributed by atoms with van der Waals surface area (Å²) in [5.41, 5.74) is 3.91. The van der Waals surface area contributed by atoms with Crippen LogP contribution in [0.2, 0.25) is 0 Å². The molecule has 0 amide bonds. The summed E-state index contributed by atoms with van der Waals surface area (Å²) < 4.78 is 0. The second kappa shape index (κ2) is 5.60. The van der Waals surface area contributed by atoms with E-state index in [9.17, 15) is 0 Å². The Labute approximate surface area is 103 Å². The van der Waals surface area contributed by atoms with Gasteiger partial charge in [0.25, 0.3) is 0 Å². The molecule has 0 spiro atoms. The molecule has 2 aromatic rings. The van der Waals surface area contributed by atoms with Crippen molar-refractivity contribution in [2.75, 3.05) is 0 Å². The minimum atomic E-state index is 0.323. The Morgan fingerprint density at radius 1 is 1.18 bits per heavy atom. The van der Waals surface area contributed by atoms with E-state index in [1.807, 2.05) is 12.3 Å². The second-order valence-corrected chi connectivity index (χ2v) is 4.32. The molecule has 1 aromatic carbocycles. The predicted molar refractivity (Wildman–Crippen MR) is 70.7 cm³/mol. The lowest BCUT2D eigenvalue weighted by atomic mass is 10.1. The number of aromatic nitrogens is 1. The maximum atomic E-state index is 4.14. The number of nitrogens with zero attached hydrogens (tertiary/aromatic N) is 1. The minimum absolute atomic E-state index is 0.323. The van der Waals surface area contributed by atoms with Crippen molar-refractivity contribution in [1.29, 1.82) is 0 Å². The summed E-state index contributed by atoms with van der Waals surface area (Å²) in [6.07, 6.45) is 3.72. The van der Waals surface area contributed by atoms with Gasteiger partial charge in [0.15, 0.2) is 0 Å². The summed E-state index contributed by atoms with van der Waals surface area (Å²) in [4.78, 5) is 4.14. The number of aryl methyl sites for hydroxylation is 1. The van der Waals surface area contributed by atoms with Gasteiger partial charge in [-0.25, -0.2) is 0 Å². The van der Waals surface area contributed by atoms with Crippen molar-refractivity contribution in [3.8, 4) is 0 Å². The van der Waals surface area contributed by atoms with E-state index in [-0.39, 0.29) is 0 Å². The lowest BCUT2D eigenvalue weighted by molar-refractivity contribution is 0.572. The van der Waals surface area contributed by atoms with Crippen LogP contribution in [0.4, 0.5) is 0 Å². The molecule has 0 aliphatic rings. The molecular formula is C15H18N2. The first-order valence-electron chi connectivity index (χ1n) is 5.95. The average molecular weight is 226 g/mol. The van der Waals surface area contributed by atoms with Crippen molar-refractivity contribution in [1.82, 2.24) is 10.3 Å². The van der Waals surface area contributed by atoms with Crippen LogP contribution in [0.25, 0.3) is 0 Å². The maximum Gasteiger partial charge on any atom is 0.0315 e. The summed E-state index contributed by atoms with van der Waals surface area (Å²) >= 11 is 0. The van der Waals surface area contributed by atoms with Crippen LogP contribution in [-0.2, 0) is 6.54 Å². The van der Waals surface area contributed by atoms with Gasteiger partial charge < -0.3 is 5.32 Å². The van der Waals surface area contributed by atoms with E-state index in [4.69, 9.17) is 0 Å². The van der Waals surface area contributed by atoms with Crippen LogP contribution in [0.3, 0.4) is 0 Å². The van der Waals surface area contributed by atoms with Gasteiger partial charge in [-0.15, -0.1) is 0 Å². The third-order valence-corrected chi connectivity index (χ3v) is 3.04. The highest BCUT2D eigenvalue weighted by atomic mass is 14.9. The first kappa shape index (κ1) is 11.8. The van der Waals surface area contributed by atoms with Gasteiger partial charge in [-0.3, -0.25) is 4.98 Å². The molecule has 0 aliphatic heterocycles. The van der Waals surface area contributed by atoms with Crippen molar-refractivity contribution in [3.63, 3.8) is 0 Å². The Hall–Kier alpha value is -1.67. The Balaban J connectivity index is 1.97. The van der Waals surface area contributed by atoms with Gasteiger partial charge in [-0.1, -0.05) is 30.3 Å².